The standard InChI is InChI=1S/CH6O6P2S/c1-7-9(5,6)10-8(2,3)4/h1H3,(H,5,6)(H2,2,3,4). The Labute approximate surface area is 60.8 Å². The van der Waals surface area contributed by atoms with Crippen molar-refractivity contribution in [2.45, 2.75) is 0 Å². The molecular formula is CH6O6P2S. The van der Waals surface area contributed by atoms with Gasteiger partial charge in [0.25, 0.3) is 0 Å². The normalized spacial score (nSPS) is 18.4. The van der Waals surface area contributed by atoms with Crippen LogP contribution < -0.4 is 0 Å². The molecule has 0 aromatic rings. The van der Waals surface area contributed by atoms with Crippen LogP contribution >= 0.6 is 24.6 Å². The van der Waals surface area contributed by atoms with Crippen LogP contribution in [0.25, 0.3) is 0 Å². The highest BCUT2D eigenvalue weighted by molar-refractivity contribution is 8.84. The van der Waals surface area contributed by atoms with Crippen LogP contribution in [0.2, 0.25) is 0 Å². The van der Waals surface area contributed by atoms with Crippen LogP contribution in [0.4, 0.5) is 0 Å². The lowest BCUT2D eigenvalue weighted by Crippen LogP contribution is -1.77. The largest absolute Gasteiger partial charge is 0.397 e. The first kappa shape index (κ1) is 10.7. The quantitative estimate of drug-likeness (QED) is 0.582. The first-order valence-corrected chi connectivity index (χ1v) is 7.14. The Morgan fingerprint density at radius 1 is 1.30 bits per heavy atom. The van der Waals surface area contributed by atoms with Gasteiger partial charge in [-0.2, -0.15) is 0 Å². The number of hydrogen-bond acceptors (Lipinski definition) is 4. The van der Waals surface area contributed by atoms with Crippen molar-refractivity contribution in [3.63, 3.8) is 0 Å². The maximum absolute atomic E-state index is 10.4. The summed E-state index contributed by atoms with van der Waals surface area (Å²) in [5.41, 5.74) is 0. The summed E-state index contributed by atoms with van der Waals surface area (Å²) in [6.07, 6.45) is 0. The maximum Gasteiger partial charge on any atom is 0.397 e. The first-order chi connectivity index (χ1) is 4.27. The third-order valence-corrected chi connectivity index (χ3v) is 6.80. The van der Waals surface area contributed by atoms with E-state index in [-0.39, 0.29) is 11.0 Å². The van der Waals surface area contributed by atoms with E-state index in [1.807, 2.05) is 0 Å². The molecule has 9 heteroatoms. The molecule has 0 aliphatic heterocycles. The Kier molecular flexibility index (Phi) is 3.58. The molecule has 10 heavy (non-hydrogen) atoms. The summed E-state index contributed by atoms with van der Waals surface area (Å²) in [4.78, 5) is 24.8. The molecule has 0 amide bonds. The third kappa shape index (κ3) is 5.44. The molecule has 0 heterocycles. The zero-order chi connectivity index (χ0) is 8.41. The molecule has 3 N–H and O–H groups in total. The van der Waals surface area contributed by atoms with Crippen LogP contribution in [-0.2, 0) is 13.7 Å². The smallest absolute Gasteiger partial charge is 0.316 e. The van der Waals surface area contributed by atoms with Gasteiger partial charge in [-0.1, -0.05) is 0 Å². The van der Waals surface area contributed by atoms with Crippen LogP contribution in [0, 0.1) is 0 Å². The van der Waals surface area contributed by atoms with Gasteiger partial charge in [0.15, 0.2) is 0 Å². The molecule has 0 spiro atoms. The summed E-state index contributed by atoms with van der Waals surface area (Å²) in [5.74, 6) is 0. The minimum atomic E-state index is -4.53. The van der Waals surface area contributed by atoms with Gasteiger partial charge in [0, 0.05) is 7.11 Å². The van der Waals surface area contributed by atoms with Crippen LogP contribution in [0.5, 0.6) is 0 Å². The highest BCUT2D eigenvalue weighted by atomic mass is 33.1. The van der Waals surface area contributed by atoms with Gasteiger partial charge in [0.2, 0.25) is 0 Å². The first-order valence-electron chi connectivity index (χ1n) is 1.92. The molecule has 0 saturated carbocycles. The fourth-order valence-corrected chi connectivity index (χ4v) is 4.53. The van der Waals surface area contributed by atoms with Gasteiger partial charge in [-0.05, 0) is 0 Å². The van der Waals surface area contributed by atoms with E-state index >= 15 is 0 Å². The van der Waals surface area contributed by atoms with Crippen molar-refractivity contribution in [2.24, 2.45) is 0 Å². The highest BCUT2D eigenvalue weighted by Gasteiger charge is 2.30. The number of rotatable bonds is 3. The van der Waals surface area contributed by atoms with E-state index in [9.17, 15) is 9.13 Å². The summed E-state index contributed by atoms with van der Waals surface area (Å²) < 4.78 is 24.3. The van der Waals surface area contributed by atoms with Crippen molar-refractivity contribution < 1.29 is 28.3 Å². The topological polar surface area (TPSA) is 104 Å². The second-order valence-electron chi connectivity index (χ2n) is 1.22. The van der Waals surface area contributed by atoms with Gasteiger partial charge >= 0.3 is 13.6 Å². The molecule has 0 aliphatic carbocycles. The predicted octanol–water partition coefficient (Wildman–Crippen LogP) is 0.559. The van der Waals surface area contributed by atoms with E-state index in [0.29, 0.717) is 0 Å². The summed E-state index contributed by atoms with van der Waals surface area (Å²) in [6, 6.07) is 0. The van der Waals surface area contributed by atoms with Gasteiger partial charge in [-0.25, -0.2) is 9.13 Å². The minimum Gasteiger partial charge on any atom is -0.316 e. The SMILES string of the molecule is COP(=O)(O)SP(=O)(O)O. The molecule has 0 aromatic carbocycles. The Morgan fingerprint density at radius 2 is 1.70 bits per heavy atom. The molecule has 62 valence electrons. The molecule has 0 aliphatic rings. The van der Waals surface area contributed by atoms with Crippen molar-refractivity contribution in [2.75, 3.05) is 7.11 Å². The Bertz CT molecular complexity index is 194. The van der Waals surface area contributed by atoms with Crippen molar-refractivity contribution in [3.8, 4) is 0 Å². The fourth-order valence-electron chi connectivity index (χ4n) is 0.168. The van der Waals surface area contributed by atoms with E-state index in [1.54, 1.807) is 0 Å². The van der Waals surface area contributed by atoms with Crippen molar-refractivity contribution in [3.05, 3.63) is 0 Å². The second-order valence-corrected chi connectivity index (χ2v) is 8.44. The zero-order valence-corrected chi connectivity index (χ0v) is 7.47. The van der Waals surface area contributed by atoms with Crippen molar-refractivity contribution >= 4 is 24.6 Å². The lowest BCUT2D eigenvalue weighted by molar-refractivity contribution is 0.336. The van der Waals surface area contributed by atoms with Gasteiger partial charge in [-0.15, -0.1) is 0 Å². The van der Waals surface area contributed by atoms with Crippen LogP contribution in [0.15, 0.2) is 0 Å². The Balaban J connectivity index is 4.17. The molecule has 0 saturated heterocycles. The van der Waals surface area contributed by atoms with Gasteiger partial charge in [0.1, 0.15) is 0 Å². The maximum atomic E-state index is 10.4. The Hall–Kier alpha value is 0.650. The summed E-state index contributed by atoms with van der Waals surface area (Å²) in [5, 5.41) is 0. The second kappa shape index (κ2) is 3.36. The molecule has 1 atom stereocenters. The molecule has 1 unspecified atom stereocenters. The Morgan fingerprint density at radius 3 is 1.80 bits per heavy atom. The summed E-state index contributed by atoms with van der Waals surface area (Å²) in [7, 11) is 0.892. The summed E-state index contributed by atoms with van der Waals surface area (Å²) in [6.45, 7) is -8.67. The average Bonchev–Trinajstić information content (AvgIpc) is 1.60. The van der Waals surface area contributed by atoms with Crippen LogP contribution in [0.1, 0.15) is 0 Å². The molecule has 0 rings (SSSR count). The third-order valence-electron chi connectivity index (χ3n) is 0.440. The minimum absolute atomic E-state index is 0.385. The average molecular weight is 208 g/mol. The predicted molar refractivity (Wildman–Crippen MR) is 36.5 cm³/mol. The van der Waals surface area contributed by atoms with Crippen molar-refractivity contribution in [1.29, 1.82) is 0 Å². The van der Waals surface area contributed by atoms with E-state index in [0.717, 1.165) is 7.11 Å². The lowest BCUT2D eigenvalue weighted by Gasteiger charge is -2.06. The van der Waals surface area contributed by atoms with Gasteiger partial charge < -0.3 is 19.2 Å². The number of hydrogen-bond donors (Lipinski definition) is 3. The van der Waals surface area contributed by atoms with Crippen LogP contribution in [0.3, 0.4) is 0 Å². The van der Waals surface area contributed by atoms with E-state index in [2.05, 4.69) is 4.52 Å². The van der Waals surface area contributed by atoms with E-state index in [1.165, 1.54) is 0 Å². The van der Waals surface area contributed by atoms with E-state index in [4.69, 9.17) is 14.7 Å². The molecule has 0 aromatic heterocycles. The molecule has 0 radical (unpaired) electrons. The zero-order valence-electron chi connectivity index (χ0n) is 4.87. The van der Waals surface area contributed by atoms with Gasteiger partial charge in [-0.3, -0.25) is 0 Å². The highest BCUT2D eigenvalue weighted by Crippen LogP contribution is 2.72. The van der Waals surface area contributed by atoms with Crippen LogP contribution in [-0.4, -0.2) is 21.8 Å². The molecule has 6 nitrogen and oxygen atoms in total. The van der Waals surface area contributed by atoms with Gasteiger partial charge in [0.05, 0.1) is 11.0 Å². The van der Waals surface area contributed by atoms with Crippen molar-refractivity contribution in [1.82, 2.24) is 0 Å². The summed E-state index contributed by atoms with van der Waals surface area (Å²) >= 11 is -0.385. The van der Waals surface area contributed by atoms with E-state index < -0.39 is 13.6 Å². The molecule has 0 fully saturated rings. The fraction of sp³-hybridized carbons (Fsp3) is 1.00. The molecule has 0 bridgehead atoms. The molecular weight excluding hydrogens is 202 g/mol. The monoisotopic (exact) mass is 208 g/mol. The lowest BCUT2D eigenvalue weighted by atomic mass is 11.8.